The molecule has 9 aromatic carbocycles. The maximum atomic E-state index is 13.4. The van der Waals surface area contributed by atoms with Crippen LogP contribution in [-0.2, 0) is 90.1 Å². The number of halogens is 4. The predicted molar refractivity (Wildman–Crippen MR) is 416 cm³/mol. The van der Waals surface area contributed by atoms with Gasteiger partial charge in [0.2, 0.25) is 0 Å². The van der Waals surface area contributed by atoms with Crippen molar-refractivity contribution in [3.8, 4) is 0 Å². The van der Waals surface area contributed by atoms with Gasteiger partial charge in [0, 0.05) is 84.4 Å². The molecule has 9 aromatic rings. The van der Waals surface area contributed by atoms with Gasteiger partial charge in [-0.3, -0.25) is 14.6 Å². The minimum absolute atomic E-state index is 0.156. The Morgan fingerprint density at radius 1 is 0.353 bits per heavy atom. The maximum Gasteiger partial charge on any atom is 0.320 e. The molecular formula is C84H102Cl2F2N3O8S3+3. The summed E-state index contributed by atoms with van der Waals surface area (Å²) >= 11 is 12.3. The second-order valence-electron chi connectivity index (χ2n) is 24.6. The van der Waals surface area contributed by atoms with E-state index in [0.717, 1.165) is 122 Å². The van der Waals surface area contributed by atoms with Crippen LogP contribution < -0.4 is 0 Å². The van der Waals surface area contributed by atoms with Gasteiger partial charge in [-0.05, 0) is 241 Å². The van der Waals surface area contributed by atoms with Crippen LogP contribution in [0.3, 0.4) is 0 Å². The van der Waals surface area contributed by atoms with E-state index in [-0.39, 0.29) is 45.9 Å². The van der Waals surface area contributed by atoms with Gasteiger partial charge in [0.25, 0.3) is 0 Å². The van der Waals surface area contributed by atoms with Crippen molar-refractivity contribution in [1.29, 1.82) is 0 Å². The van der Waals surface area contributed by atoms with Gasteiger partial charge < -0.3 is 38.1 Å². The highest BCUT2D eigenvalue weighted by atomic mass is 35.5. The molecule has 0 aromatic heterocycles. The van der Waals surface area contributed by atoms with Crippen molar-refractivity contribution in [3.05, 3.63) is 268 Å². The van der Waals surface area contributed by atoms with Crippen LogP contribution in [-0.4, -0.2) is 162 Å². The van der Waals surface area contributed by atoms with E-state index in [2.05, 4.69) is 183 Å². The molecule has 18 heteroatoms. The van der Waals surface area contributed by atoms with Crippen LogP contribution in [0.4, 0.5) is 8.78 Å². The number of carbonyl (C=O) groups is 1. The molecule has 9 rings (SSSR count). The van der Waals surface area contributed by atoms with Crippen LogP contribution in [0, 0.1) is 25.5 Å². The van der Waals surface area contributed by atoms with Gasteiger partial charge in [0.05, 0.1) is 85.5 Å². The third-order valence-corrected chi connectivity index (χ3v) is 23.5. The molecule has 0 saturated carbocycles. The van der Waals surface area contributed by atoms with Gasteiger partial charge in [0.15, 0.2) is 44.1 Å². The second-order valence-corrected chi connectivity index (χ2v) is 31.6. The quantitative estimate of drug-likeness (QED) is 0.0209. The Kier molecular flexibility index (Phi) is 38.3. The van der Waals surface area contributed by atoms with Crippen LogP contribution in [0.25, 0.3) is 0 Å². The molecule has 544 valence electrons. The number of hydrogen-bond donors (Lipinski definition) is 0. The largest absolute Gasteiger partial charge is 0.465 e. The third-order valence-electron chi connectivity index (χ3n) is 16.3. The highest BCUT2D eigenvalue weighted by Gasteiger charge is 2.32. The molecular weight excluding hydrogens is 1380 g/mol. The van der Waals surface area contributed by atoms with Crippen LogP contribution in [0.15, 0.2) is 262 Å². The number of esters is 1. The normalized spacial score (nSPS) is 11.4. The Balaban J connectivity index is 0.000000216. The molecule has 0 N–H and O–H groups in total. The van der Waals surface area contributed by atoms with Crippen molar-refractivity contribution >= 4 is 61.9 Å². The summed E-state index contributed by atoms with van der Waals surface area (Å²) in [7, 11) is 10.1. The van der Waals surface area contributed by atoms with Crippen LogP contribution >= 0.6 is 23.2 Å². The number of benzene rings is 9. The van der Waals surface area contributed by atoms with Gasteiger partial charge in [-0.15, -0.1) is 0 Å². The van der Waals surface area contributed by atoms with Gasteiger partial charge in [-0.1, -0.05) is 95.0 Å². The maximum absolute atomic E-state index is 13.4. The van der Waals surface area contributed by atoms with Gasteiger partial charge in [-0.2, -0.15) is 0 Å². The first-order valence-electron chi connectivity index (χ1n) is 34.6. The Bertz CT molecular complexity index is 3590. The average Bonchev–Trinajstić information content (AvgIpc) is 0.837. The highest BCUT2D eigenvalue weighted by molar-refractivity contribution is 7.97. The van der Waals surface area contributed by atoms with E-state index in [1.54, 1.807) is 52.7 Å². The molecule has 0 aliphatic rings. The lowest BCUT2D eigenvalue weighted by Crippen LogP contribution is -2.36. The molecule has 0 spiro atoms. The van der Waals surface area contributed by atoms with E-state index in [4.69, 9.17) is 56.4 Å². The molecule has 0 heterocycles. The van der Waals surface area contributed by atoms with Gasteiger partial charge in [0.1, 0.15) is 11.6 Å². The van der Waals surface area contributed by atoms with Crippen molar-refractivity contribution in [2.24, 2.45) is 0 Å². The lowest BCUT2D eigenvalue weighted by molar-refractivity contribution is -0.145. The number of hydrogen-bond acceptors (Lipinski definition) is 11. The number of ether oxygens (including phenoxy) is 7. The molecule has 0 atom stereocenters. The summed E-state index contributed by atoms with van der Waals surface area (Å²) in [4.78, 5) is 29.5. The lowest BCUT2D eigenvalue weighted by atomic mass is 10.1. The molecule has 102 heavy (non-hydrogen) atoms. The second kappa shape index (κ2) is 47.1. The molecule has 0 fully saturated rings. The van der Waals surface area contributed by atoms with Crippen molar-refractivity contribution in [1.82, 2.24) is 14.7 Å². The highest BCUT2D eigenvalue weighted by Crippen LogP contribution is 2.35. The average molecular weight is 1490 g/mol. The zero-order valence-corrected chi connectivity index (χ0v) is 64.4. The van der Waals surface area contributed by atoms with Crippen LogP contribution in [0.1, 0.15) is 47.1 Å². The molecule has 0 unspecified atom stereocenters. The fourth-order valence-corrected chi connectivity index (χ4v) is 17.1. The summed E-state index contributed by atoms with van der Waals surface area (Å²) in [5.74, 6) is -0.737. The van der Waals surface area contributed by atoms with Crippen LogP contribution in [0.2, 0.25) is 10.0 Å². The fraction of sp³-hybridized carbons (Fsp3) is 0.345. The predicted octanol–water partition coefficient (Wildman–Crippen LogP) is 17.6. The molecule has 0 amide bonds. The topological polar surface area (TPSA) is 91.4 Å². The Hall–Kier alpha value is -6.42. The Labute approximate surface area is 624 Å². The third kappa shape index (κ3) is 30.0. The summed E-state index contributed by atoms with van der Waals surface area (Å²) in [6, 6.07) is 73.0. The number of aryl methyl sites for hydroxylation is 3. The van der Waals surface area contributed by atoms with Crippen molar-refractivity contribution < 1.29 is 46.7 Å². The van der Waals surface area contributed by atoms with E-state index in [1.807, 2.05) is 29.2 Å². The molecule has 0 radical (unpaired) electrons. The van der Waals surface area contributed by atoms with Crippen molar-refractivity contribution in [3.63, 3.8) is 0 Å². The zero-order chi connectivity index (χ0) is 72.7. The van der Waals surface area contributed by atoms with Crippen molar-refractivity contribution in [2.45, 2.75) is 96.6 Å². The first kappa shape index (κ1) is 82.9. The van der Waals surface area contributed by atoms with E-state index < -0.39 is 10.9 Å². The lowest BCUT2D eigenvalue weighted by Gasteiger charge is -2.21. The van der Waals surface area contributed by atoms with Gasteiger partial charge in [-0.25, -0.2) is 8.78 Å². The number of nitrogens with zero attached hydrogens (tertiary/aromatic N) is 3. The smallest absolute Gasteiger partial charge is 0.320 e. The fourth-order valence-electron chi connectivity index (χ4n) is 10.7. The Morgan fingerprint density at radius 2 is 0.676 bits per heavy atom. The first-order valence-corrected chi connectivity index (χ1v) is 39.1. The van der Waals surface area contributed by atoms with Crippen LogP contribution in [0.5, 0.6) is 0 Å². The standard InChI is InChI=1S/C31H40NO4S.C29H36Cl2NO3S.C24H26F2NOS/c1-25-7-13-28(14-8-25)37(29-15-9-26(2)10-16-29)30-17-11-27(12-18-30)6-5-21-36-31(33)24-32(19-22-34-3)20-23-35-4;1-33-22-18-32(19-23-34-2)17-3-20-35-21-16-24-4-10-27(11-5-24)36(28-12-6-25(30)7-13-28)29-14-8-26(31)9-15-29;1-27(2)16-3-17-28-18-19-4-10-22(11-5-19)29(23-12-6-20(25)7-13-23)24-14-8-21(26)9-15-24/h7-18H,5-6,19-24H2,1-4H3;4-15H,3,16-23H2,1-2H3;4-15H,3,16-18H2,1-2H3/q3*+1. The van der Waals surface area contributed by atoms with E-state index in [1.165, 1.54) is 75.9 Å². The minimum Gasteiger partial charge on any atom is -0.465 e. The molecule has 0 saturated heterocycles. The summed E-state index contributed by atoms with van der Waals surface area (Å²) < 4.78 is 64.7. The summed E-state index contributed by atoms with van der Waals surface area (Å²) in [5.41, 5.74) is 6.17. The number of rotatable bonds is 40. The monoisotopic (exact) mass is 1480 g/mol. The molecule has 0 aliphatic heterocycles. The van der Waals surface area contributed by atoms with E-state index >= 15 is 0 Å². The zero-order valence-electron chi connectivity index (χ0n) is 60.5. The van der Waals surface area contributed by atoms with E-state index in [0.29, 0.717) is 39.5 Å². The molecule has 0 bridgehead atoms. The molecule has 0 aliphatic carbocycles. The minimum atomic E-state index is -0.433. The first-order chi connectivity index (χ1) is 49.6. The molecule has 11 nitrogen and oxygen atoms in total. The number of carbonyl (C=O) groups excluding carboxylic acids is 1. The Morgan fingerprint density at radius 3 is 1.06 bits per heavy atom. The van der Waals surface area contributed by atoms with Gasteiger partial charge >= 0.3 is 5.97 Å². The SMILES string of the molecule is CN(C)CCCOCc1ccc([S+](c2ccc(F)cc2)c2ccc(F)cc2)cc1.COCCN(CCCOCCc1ccc([S+](c2ccc(Cl)cc2)c2ccc(Cl)cc2)cc1)CCOC.COCCN(CCOC)CC(=O)OCCCc1ccc([S+](c2ccc(C)cc2)c2ccc(C)cc2)cc1. The van der Waals surface area contributed by atoms with E-state index in [9.17, 15) is 13.6 Å². The summed E-state index contributed by atoms with van der Waals surface area (Å²) in [6.45, 7) is 15.5. The summed E-state index contributed by atoms with van der Waals surface area (Å²) in [5, 5.41) is 1.48. The number of methoxy groups -OCH3 is 4. The summed E-state index contributed by atoms with van der Waals surface area (Å²) in [6.07, 6.45) is 4.56. The van der Waals surface area contributed by atoms with Crippen molar-refractivity contribution in [2.75, 3.05) is 141 Å².